The molecule has 0 radical (unpaired) electrons. The molecule has 2 atom stereocenters. The summed E-state index contributed by atoms with van der Waals surface area (Å²) in [6.45, 7) is 6.95. The van der Waals surface area contributed by atoms with Crippen LogP contribution in [0.3, 0.4) is 0 Å². The van der Waals surface area contributed by atoms with E-state index in [1.165, 1.54) is 19.3 Å². The molecule has 2 aliphatic carbocycles. The van der Waals surface area contributed by atoms with Gasteiger partial charge in [-0.25, -0.2) is 0 Å². The van der Waals surface area contributed by atoms with Crippen LogP contribution >= 0.6 is 0 Å². The van der Waals surface area contributed by atoms with E-state index in [0.29, 0.717) is 17.4 Å². The van der Waals surface area contributed by atoms with Gasteiger partial charge in [0.1, 0.15) is 0 Å². The summed E-state index contributed by atoms with van der Waals surface area (Å²) in [7, 11) is 0. The third-order valence-electron chi connectivity index (χ3n) is 5.14. The Kier molecular flexibility index (Phi) is 5.27. The minimum atomic E-state index is -0.121. The summed E-state index contributed by atoms with van der Waals surface area (Å²) in [6.07, 6.45) is 7.93. The van der Waals surface area contributed by atoms with Crippen molar-refractivity contribution in [2.75, 3.05) is 19.7 Å². The van der Waals surface area contributed by atoms with Gasteiger partial charge in [-0.3, -0.25) is 4.90 Å². The fourth-order valence-electron chi connectivity index (χ4n) is 3.66. The van der Waals surface area contributed by atoms with Gasteiger partial charge < -0.3 is 10.2 Å². The fraction of sp³-hybridized carbons (Fsp3) is 1.00. The van der Waals surface area contributed by atoms with Crippen molar-refractivity contribution in [1.82, 2.24) is 4.90 Å². The molecule has 2 fully saturated rings. The standard InChI is InChI=1S/C16H31NO2/c1-16(2)8-7-15(19)13(11-16)12-17(9-4-10-18)14-5-3-6-14/h13-15,18-19H,3-12H2,1-2H3. The Hall–Kier alpha value is -0.120. The summed E-state index contributed by atoms with van der Waals surface area (Å²) in [4.78, 5) is 2.54. The topological polar surface area (TPSA) is 43.7 Å². The molecule has 2 N–H and O–H groups in total. The molecule has 2 unspecified atom stereocenters. The van der Waals surface area contributed by atoms with E-state index < -0.39 is 0 Å². The van der Waals surface area contributed by atoms with Gasteiger partial charge in [-0.05, 0) is 49.9 Å². The lowest BCUT2D eigenvalue weighted by atomic mass is 9.70. The maximum absolute atomic E-state index is 10.3. The third kappa shape index (κ3) is 4.17. The summed E-state index contributed by atoms with van der Waals surface area (Å²) >= 11 is 0. The highest BCUT2D eigenvalue weighted by Crippen LogP contribution is 2.39. The zero-order valence-corrected chi connectivity index (χ0v) is 12.6. The molecule has 19 heavy (non-hydrogen) atoms. The molecule has 112 valence electrons. The molecule has 0 bridgehead atoms. The van der Waals surface area contributed by atoms with E-state index in [1.807, 2.05) is 0 Å². The van der Waals surface area contributed by atoms with E-state index in [2.05, 4.69) is 18.7 Å². The van der Waals surface area contributed by atoms with Crippen LogP contribution < -0.4 is 0 Å². The summed E-state index contributed by atoms with van der Waals surface area (Å²) in [6, 6.07) is 0.712. The van der Waals surface area contributed by atoms with Crippen molar-refractivity contribution in [3.05, 3.63) is 0 Å². The van der Waals surface area contributed by atoms with Crippen molar-refractivity contribution < 1.29 is 10.2 Å². The Morgan fingerprint density at radius 2 is 1.95 bits per heavy atom. The Morgan fingerprint density at radius 1 is 1.21 bits per heavy atom. The van der Waals surface area contributed by atoms with Crippen LogP contribution in [-0.2, 0) is 0 Å². The predicted molar refractivity (Wildman–Crippen MR) is 78.0 cm³/mol. The van der Waals surface area contributed by atoms with E-state index in [-0.39, 0.29) is 12.7 Å². The van der Waals surface area contributed by atoms with Gasteiger partial charge in [0.05, 0.1) is 6.10 Å². The molecule has 0 spiro atoms. The molecule has 3 nitrogen and oxygen atoms in total. The molecule has 0 aromatic carbocycles. The normalized spacial score (nSPS) is 31.4. The van der Waals surface area contributed by atoms with Crippen LogP contribution in [0.4, 0.5) is 0 Å². The average Bonchev–Trinajstić information content (AvgIpc) is 2.28. The maximum atomic E-state index is 10.3. The van der Waals surface area contributed by atoms with E-state index in [9.17, 15) is 5.11 Å². The van der Waals surface area contributed by atoms with Crippen molar-refractivity contribution in [3.8, 4) is 0 Å². The van der Waals surface area contributed by atoms with Crippen molar-refractivity contribution >= 4 is 0 Å². The van der Waals surface area contributed by atoms with Crippen LogP contribution in [0.2, 0.25) is 0 Å². The predicted octanol–water partition coefficient (Wildman–Crippen LogP) is 2.41. The molecule has 0 heterocycles. The number of aliphatic hydroxyl groups is 2. The van der Waals surface area contributed by atoms with E-state index in [1.54, 1.807) is 0 Å². The molecule has 0 amide bonds. The number of aliphatic hydroxyl groups excluding tert-OH is 2. The summed E-state index contributed by atoms with van der Waals surface area (Å²) in [5, 5.41) is 19.3. The molecule has 2 aliphatic rings. The summed E-state index contributed by atoms with van der Waals surface area (Å²) in [5.74, 6) is 0.419. The van der Waals surface area contributed by atoms with Crippen molar-refractivity contribution in [2.45, 2.75) is 70.9 Å². The third-order valence-corrected chi connectivity index (χ3v) is 5.14. The Balaban J connectivity index is 1.90. The molecule has 2 rings (SSSR count). The number of hydrogen-bond acceptors (Lipinski definition) is 3. The van der Waals surface area contributed by atoms with Gasteiger partial charge in [-0.2, -0.15) is 0 Å². The van der Waals surface area contributed by atoms with Crippen LogP contribution in [0.1, 0.15) is 58.8 Å². The first-order valence-electron chi connectivity index (χ1n) is 8.05. The number of nitrogens with zero attached hydrogens (tertiary/aromatic N) is 1. The second kappa shape index (κ2) is 6.55. The molecule has 3 heteroatoms. The minimum Gasteiger partial charge on any atom is -0.396 e. The Bertz CT molecular complexity index is 276. The SMILES string of the molecule is CC1(C)CCC(O)C(CN(CCCO)C2CCC2)C1. The van der Waals surface area contributed by atoms with Crippen LogP contribution in [0.5, 0.6) is 0 Å². The fourth-order valence-corrected chi connectivity index (χ4v) is 3.66. The lowest BCUT2D eigenvalue weighted by molar-refractivity contribution is -0.0113. The molecular formula is C16H31NO2. The van der Waals surface area contributed by atoms with Crippen LogP contribution in [0.15, 0.2) is 0 Å². The highest BCUT2D eigenvalue weighted by atomic mass is 16.3. The molecule has 0 aromatic rings. The number of hydrogen-bond donors (Lipinski definition) is 2. The molecule has 0 aliphatic heterocycles. The molecular weight excluding hydrogens is 238 g/mol. The Morgan fingerprint density at radius 3 is 2.53 bits per heavy atom. The van der Waals surface area contributed by atoms with Gasteiger partial charge in [-0.1, -0.05) is 20.3 Å². The van der Waals surface area contributed by atoms with E-state index in [4.69, 9.17) is 5.11 Å². The lowest BCUT2D eigenvalue weighted by Gasteiger charge is -2.44. The van der Waals surface area contributed by atoms with Gasteiger partial charge in [0.2, 0.25) is 0 Å². The zero-order valence-electron chi connectivity index (χ0n) is 12.6. The van der Waals surface area contributed by atoms with E-state index >= 15 is 0 Å². The van der Waals surface area contributed by atoms with Crippen LogP contribution in [0, 0.1) is 11.3 Å². The Labute approximate surface area is 118 Å². The first-order valence-corrected chi connectivity index (χ1v) is 8.05. The second-order valence-electron chi connectivity index (χ2n) is 7.39. The first-order chi connectivity index (χ1) is 9.02. The highest BCUT2D eigenvalue weighted by molar-refractivity contribution is 4.89. The monoisotopic (exact) mass is 269 g/mol. The first kappa shape index (κ1) is 15.3. The van der Waals surface area contributed by atoms with Crippen LogP contribution in [0.25, 0.3) is 0 Å². The van der Waals surface area contributed by atoms with Crippen molar-refractivity contribution in [1.29, 1.82) is 0 Å². The summed E-state index contributed by atoms with van der Waals surface area (Å²) in [5.41, 5.74) is 0.381. The van der Waals surface area contributed by atoms with Gasteiger partial charge in [0, 0.05) is 25.7 Å². The van der Waals surface area contributed by atoms with Gasteiger partial charge in [0.25, 0.3) is 0 Å². The van der Waals surface area contributed by atoms with E-state index in [0.717, 1.165) is 38.8 Å². The second-order valence-corrected chi connectivity index (χ2v) is 7.39. The number of rotatable bonds is 6. The smallest absolute Gasteiger partial charge is 0.0581 e. The molecule has 2 saturated carbocycles. The van der Waals surface area contributed by atoms with Crippen LogP contribution in [-0.4, -0.2) is 47.0 Å². The van der Waals surface area contributed by atoms with Gasteiger partial charge >= 0.3 is 0 Å². The van der Waals surface area contributed by atoms with Crippen molar-refractivity contribution in [3.63, 3.8) is 0 Å². The minimum absolute atomic E-state index is 0.121. The highest BCUT2D eigenvalue weighted by Gasteiger charge is 2.36. The van der Waals surface area contributed by atoms with Crippen molar-refractivity contribution in [2.24, 2.45) is 11.3 Å². The van der Waals surface area contributed by atoms with Gasteiger partial charge in [0.15, 0.2) is 0 Å². The quantitative estimate of drug-likeness (QED) is 0.778. The maximum Gasteiger partial charge on any atom is 0.0581 e. The lowest BCUT2D eigenvalue weighted by Crippen LogP contribution is -2.47. The zero-order chi connectivity index (χ0) is 13.9. The molecule has 0 aromatic heterocycles. The van der Waals surface area contributed by atoms with Gasteiger partial charge in [-0.15, -0.1) is 0 Å². The molecule has 0 saturated heterocycles. The largest absolute Gasteiger partial charge is 0.396 e. The average molecular weight is 269 g/mol. The summed E-state index contributed by atoms with van der Waals surface area (Å²) < 4.78 is 0.